The number of nitrogens with zero attached hydrogens (tertiary/aromatic N) is 1. The van der Waals surface area contributed by atoms with E-state index in [0.29, 0.717) is 12.3 Å². The Labute approximate surface area is 123 Å². The maximum absolute atomic E-state index is 12.2. The smallest absolute Gasteiger partial charge is 0.224 e. The normalized spacial score (nSPS) is 16.2. The highest BCUT2D eigenvalue weighted by Crippen LogP contribution is 2.26. The summed E-state index contributed by atoms with van der Waals surface area (Å²) in [7, 11) is 0. The van der Waals surface area contributed by atoms with Gasteiger partial charge in [0.1, 0.15) is 0 Å². The van der Waals surface area contributed by atoms with Crippen molar-refractivity contribution in [2.24, 2.45) is 5.92 Å². The molecule has 1 aromatic carbocycles. The van der Waals surface area contributed by atoms with E-state index in [0.717, 1.165) is 29.4 Å². The third-order valence-electron chi connectivity index (χ3n) is 3.72. The van der Waals surface area contributed by atoms with E-state index in [9.17, 15) is 4.79 Å². The lowest BCUT2D eigenvalue weighted by molar-refractivity contribution is -0.117. The van der Waals surface area contributed by atoms with Crippen LogP contribution in [0.1, 0.15) is 19.3 Å². The molecule has 0 radical (unpaired) electrons. The fraction of sp³-hybridized carbons (Fsp3) is 0.375. The van der Waals surface area contributed by atoms with Crippen LogP contribution in [0.2, 0.25) is 0 Å². The van der Waals surface area contributed by atoms with Gasteiger partial charge in [0.2, 0.25) is 5.91 Å². The summed E-state index contributed by atoms with van der Waals surface area (Å²) >= 11 is 1.99. The van der Waals surface area contributed by atoms with E-state index in [1.807, 2.05) is 42.1 Å². The SMILES string of the molecule is O=C(CC1CCSCC1)Nc1cccc2cccnc12. The molecular formula is C16H18N2OS. The molecule has 2 aromatic rings. The first kappa shape index (κ1) is 13.4. The molecule has 0 saturated carbocycles. The minimum atomic E-state index is 0.111. The first-order valence-corrected chi connectivity index (χ1v) is 8.20. The molecule has 0 atom stereocenters. The number of anilines is 1. The molecule has 2 heterocycles. The van der Waals surface area contributed by atoms with Crippen LogP contribution >= 0.6 is 11.8 Å². The molecule has 0 spiro atoms. The van der Waals surface area contributed by atoms with Crippen molar-refractivity contribution in [2.75, 3.05) is 16.8 Å². The number of hydrogen-bond donors (Lipinski definition) is 1. The molecule has 1 N–H and O–H groups in total. The molecule has 3 rings (SSSR count). The van der Waals surface area contributed by atoms with E-state index in [2.05, 4.69) is 10.3 Å². The zero-order chi connectivity index (χ0) is 13.8. The van der Waals surface area contributed by atoms with Crippen molar-refractivity contribution in [1.29, 1.82) is 0 Å². The molecule has 1 saturated heterocycles. The van der Waals surface area contributed by atoms with Crippen molar-refractivity contribution in [3.63, 3.8) is 0 Å². The quantitative estimate of drug-likeness (QED) is 0.935. The Balaban J connectivity index is 1.71. The molecular weight excluding hydrogens is 268 g/mol. The Kier molecular flexibility index (Phi) is 4.21. The number of aromatic nitrogens is 1. The fourth-order valence-electron chi connectivity index (χ4n) is 2.62. The maximum atomic E-state index is 12.2. The lowest BCUT2D eigenvalue weighted by Crippen LogP contribution is -2.19. The first-order valence-electron chi connectivity index (χ1n) is 7.04. The number of thioether (sulfide) groups is 1. The third kappa shape index (κ3) is 3.12. The summed E-state index contributed by atoms with van der Waals surface area (Å²) in [6, 6.07) is 9.81. The van der Waals surface area contributed by atoms with E-state index < -0.39 is 0 Å². The van der Waals surface area contributed by atoms with Crippen molar-refractivity contribution in [2.45, 2.75) is 19.3 Å². The standard InChI is InChI=1S/C16H18N2OS/c19-15(11-12-6-9-20-10-7-12)18-14-5-1-3-13-4-2-8-17-16(13)14/h1-5,8,12H,6-7,9-11H2,(H,18,19). The van der Waals surface area contributed by atoms with Gasteiger partial charge in [0, 0.05) is 18.0 Å². The van der Waals surface area contributed by atoms with E-state index in [-0.39, 0.29) is 5.91 Å². The Morgan fingerprint density at radius 2 is 2.05 bits per heavy atom. The third-order valence-corrected chi connectivity index (χ3v) is 4.77. The highest BCUT2D eigenvalue weighted by molar-refractivity contribution is 7.99. The summed E-state index contributed by atoms with van der Waals surface area (Å²) in [5, 5.41) is 4.08. The molecule has 0 aliphatic carbocycles. The summed E-state index contributed by atoms with van der Waals surface area (Å²) < 4.78 is 0. The molecule has 20 heavy (non-hydrogen) atoms. The van der Waals surface area contributed by atoms with Gasteiger partial charge < -0.3 is 5.32 Å². The molecule has 0 bridgehead atoms. The predicted octanol–water partition coefficient (Wildman–Crippen LogP) is 3.71. The van der Waals surface area contributed by atoms with Crippen LogP contribution in [-0.2, 0) is 4.79 Å². The van der Waals surface area contributed by atoms with Crippen molar-refractivity contribution in [1.82, 2.24) is 4.98 Å². The molecule has 1 amide bonds. The summed E-state index contributed by atoms with van der Waals surface area (Å²) in [4.78, 5) is 16.5. The number of carbonyl (C=O) groups is 1. The van der Waals surface area contributed by atoms with Crippen molar-refractivity contribution in [3.05, 3.63) is 36.5 Å². The Morgan fingerprint density at radius 3 is 2.90 bits per heavy atom. The summed E-state index contributed by atoms with van der Waals surface area (Å²) in [5.74, 6) is 3.03. The number of nitrogens with one attached hydrogen (secondary N) is 1. The largest absolute Gasteiger partial charge is 0.324 e. The molecule has 1 aliphatic rings. The average Bonchev–Trinajstić information content (AvgIpc) is 2.48. The van der Waals surface area contributed by atoms with Crippen LogP contribution in [0.4, 0.5) is 5.69 Å². The average molecular weight is 286 g/mol. The molecule has 4 heteroatoms. The highest BCUT2D eigenvalue weighted by atomic mass is 32.2. The van der Waals surface area contributed by atoms with Crippen LogP contribution in [0.3, 0.4) is 0 Å². The van der Waals surface area contributed by atoms with E-state index >= 15 is 0 Å². The second-order valence-electron chi connectivity index (χ2n) is 5.19. The van der Waals surface area contributed by atoms with Crippen molar-refractivity contribution >= 4 is 34.3 Å². The van der Waals surface area contributed by atoms with E-state index in [1.54, 1.807) is 6.20 Å². The van der Waals surface area contributed by atoms with Crippen LogP contribution in [0.5, 0.6) is 0 Å². The second kappa shape index (κ2) is 6.27. The molecule has 1 fully saturated rings. The summed E-state index contributed by atoms with van der Waals surface area (Å²) in [6.07, 6.45) is 4.71. The van der Waals surface area contributed by atoms with Gasteiger partial charge in [-0.3, -0.25) is 9.78 Å². The van der Waals surface area contributed by atoms with Gasteiger partial charge >= 0.3 is 0 Å². The Bertz CT molecular complexity index is 603. The number of rotatable bonds is 3. The van der Waals surface area contributed by atoms with E-state index in [1.165, 1.54) is 11.5 Å². The molecule has 0 unspecified atom stereocenters. The van der Waals surface area contributed by atoms with Crippen molar-refractivity contribution < 1.29 is 4.79 Å². The van der Waals surface area contributed by atoms with Crippen LogP contribution in [0, 0.1) is 5.92 Å². The fourth-order valence-corrected chi connectivity index (χ4v) is 3.82. The number of pyridine rings is 1. The molecule has 3 nitrogen and oxygen atoms in total. The number of carbonyl (C=O) groups excluding carboxylic acids is 1. The van der Waals surface area contributed by atoms with Gasteiger partial charge in [-0.15, -0.1) is 0 Å². The minimum Gasteiger partial charge on any atom is -0.324 e. The highest BCUT2D eigenvalue weighted by Gasteiger charge is 2.17. The molecule has 1 aliphatic heterocycles. The summed E-state index contributed by atoms with van der Waals surface area (Å²) in [6.45, 7) is 0. The second-order valence-corrected chi connectivity index (χ2v) is 6.41. The lowest BCUT2D eigenvalue weighted by Gasteiger charge is -2.20. The topological polar surface area (TPSA) is 42.0 Å². The Hall–Kier alpha value is -1.55. The van der Waals surface area contributed by atoms with Crippen LogP contribution in [0.25, 0.3) is 10.9 Å². The zero-order valence-corrected chi connectivity index (χ0v) is 12.2. The van der Waals surface area contributed by atoms with Gasteiger partial charge in [-0.1, -0.05) is 18.2 Å². The zero-order valence-electron chi connectivity index (χ0n) is 11.3. The van der Waals surface area contributed by atoms with Gasteiger partial charge in [0.05, 0.1) is 11.2 Å². The van der Waals surface area contributed by atoms with Gasteiger partial charge in [-0.05, 0) is 42.4 Å². The Morgan fingerprint density at radius 1 is 1.25 bits per heavy atom. The molecule has 1 aromatic heterocycles. The summed E-state index contributed by atoms with van der Waals surface area (Å²) in [5.41, 5.74) is 1.68. The number of hydrogen-bond acceptors (Lipinski definition) is 3. The first-order chi connectivity index (χ1) is 9.83. The lowest BCUT2D eigenvalue weighted by atomic mass is 9.98. The van der Waals surface area contributed by atoms with Crippen LogP contribution in [0.15, 0.2) is 36.5 Å². The number of benzene rings is 1. The van der Waals surface area contributed by atoms with Crippen LogP contribution in [-0.4, -0.2) is 22.4 Å². The maximum Gasteiger partial charge on any atom is 0.224 e. The number of fused-ring (bicyclic) bond motifs is 1. The molecule has 104 valence electrons. The van der Waals surface area contributed by atoms with Gasteiger partial charge in [-0.25, -0.2) is 0 Å². The van der Waals surface area contributed by atoms with E-state index in [4.69, 9.17) is 0 Å². The van der Waals surface area contributed by atoms with Gasteiger partial charge in [0.25, 0.3) is 0 Å². The van der Waals surface area contributed by atoms with Crippen molar-refractivity contribution in [3.8, 4) is 0 Å². The number of para-hydroxylation sites is 1. The minimum absolute atomic E-state index is 0.111. The van der Waals surface area contributed by atoms with Gasteiger partial charge in [-0.2, -0.15) is 11.8 Å². The number of amides is 1. The monoisotopic (exact) mass is 286 g/mol. The predicted molar refractivity (Wildman–Crippen MR) is 85.0 cm³/mol. The van der Waals surface area contributed by atoms with Gasteiger partial charge in [0.15, 0.2) is 0 Å². The van der Waals surface area contributed by atoms with Crippen LogP contribution < -0.4 is 5.32 Å².